The van der Waals surface area contributed by atoms with Crippen LogP contribution in [-0.4, -0.2) is 45.2 Å². The van der Waals surface area contributed by atoms with Gasteiger partial charge in [-0.2, -0.15) is 0 Å². The third-order valence-corrected chi connectivity index (χ3v) is 4.87. The normalized spacial score (nSPS) is 17.7. The zero-order valence-corrected chi connectivity index (χ0v) is 14.6. The first-order valence-corrected chi connectivity index (χ1v) is 8.40. The van der Waals surface area contributed by atoms with Gasteiger partial charge in [-0.3, -0.25) is 4.79 Å². The number of aromatic nitrogens is 3. The van der Waals surface area contributed by atoms with Gasteiger partial charge in [0.05, 0.1) is 6.54 Å². The van der Waals surface area contributed by atoms with E-state index in [2.05, 4.69) is 20.1 Å². The summed E-state index contributed by atoms with van der Waals surface area (Å²) in [5.41, 5.74) is 0.416. The molecule has 25 heavy (non-hydrogen) atoms. The van der Waals surface area contributed by atoms with Gasteiger partial charge in [-0.15, -0.1) is 22.6 Å². The SMILES string of the molecule is Cl.O=C(c1cccc(F)c1)N1CCC(c2nnc3n2CCNC3)CC1. The summed E-state index contributed by atoms with van der Waals surface area (Å²) >= 11 is 0. The van der Waals surface area contributed by atoms with Crippen LogP contribution >= 0.6 is 12.4 Å². The highest BCUT2D eigenvalue weighted by molar-refractivity contribution is 5.94. The summed E-state index contributed by atoms with van der Waals surface area (Å²) in [5.74, 6) is 1.90. The Hall–Kier alpha value is -1.99. The highest BCUT2D eigenvalue weighted by Gasteiger charge is 2.29. The maximum absolute atomic E-state index is 13.3. The molecule has 4 rings (SSSR count). The molecule has 1 fully saturated rings. The zero-order valence-electron chi connectivity index (χ0n) is 13.8. The van der Waals surface area contributed by atoms with Gasteiger partial charge in [0.25, 0.3) is 5.91 Å². The van der Waals surface area contributed by atoms with E-state index in [-0.39, 0.29) is 24.1 Å². The number of amides is 1. The molecule has 1 aromatic carbocycles. The number of rotatable bonds is 2. The van der Waals surface area contributed by atoms with E-state index < -0.39 is 0 Å². The number of carbonyl (C=O) groups is 1. The van der Waals surface area contributed by atoms with Crippen LogP contribution in [0.5, 0.6) is 0 Å². The topological polar surface area (TPSA) is 63.1 Å². The van der Waals surface area contributed by atoms with E-state index in [0.29, 0.717) is 24.6 Å². The van der Waals surface area contributed by atoms with E-state index in [9.17, 15) is 9.18 Å². The van der Waals surface area contributed by atoms with Crippen molar-refractivity contribution in [2.24, 2.45) is 0 Å². The number of hydrogen-bond donors (Lipinski definition) is 1. The predicted molar refractivity (Wildman–Crippen MR) is 93.3 cm³/mol. The van der Waals surface area contributed by atoms with Crippen LogP contribution in [0.15, 0.2) is 24.3 Å². The second kappa shape index (κ2) is 7.49. The third-order valence-electron chi connectivity index (χ3n) is 4.87. The number of carbonyl (C=O) groups excluding carboxylic acids is 1. The van der Waals surface area contributed by atoms with Gasteiger partial charge >= 0.3 is 0 Å². The Labute approximate surface area is 151 Å². The summed E-state index contributed by atoms with van der Waals surface area (Å²) < 4.78 is 15.5. The Balaban J connectivity index is 0.00000182. The van der Waals surface area contributed by atoms with Gasteiger partial charge in [-0.1, -0.05) is 6.07 Å². The molecule has 0 unspecified atom stereocenters. The first kappa shape index (κ1) is 17.8. The largest absolute Gasteiger partial charge is 0.339 e. The van der Waals surface area contributed by atoms with Crippen molar-refractivity contribution in [1.29, 1.82) is 0 Å². The molecule has 134 valence electrons. The maximum Gasteiger partial charge on any atom is 0.253 e. The number of piperidine rings is 1. The van der Waals surface area contributed by atoms with Crippen molar-refractivity contribution in [3.8, 4) is 0 Å². The van der Waals surface area contributed by atoms with Crippen molar-refractivity contribution in [3.63, 3.8) is 0 Å². The van der Waals surface area contributed by atoms with Crippen LogP contribution in [-0.2, 0) is 13.1 Å². The molecule has 8 heteroatoms. The molecule has 0 atom stereocenters. The Bertz CT molecular complexity index is 757. The summed E-state index contributed by atoms with van der Waals surface area (Å²) in [4.78, 5) is 14.3. The Morgan fingerprint density at radius 3 is 2.76 bits per heavy atom. The van der Waals surface area contributed by atoms with Gasteiger partial charge < -0.3 is 14.8 Å². The minimum absolute atomic E-state index is 0. The molecule has 1 saturated heterocycles. The molecule has 0 saturated carbocycles. The Kier molecular flexibility index (Phi) is 5.34. The van der Waals surface area contributed by atoms with Gasteiger partial charge in [0.1, 0.15) is 17.5 Å². The van der Waals surface area contributed by atoms with Gasteiger partial charge in [0, 0.05) is 37.7 Å². The average Bonchev–Trinajstić information content (AvgIpc) is 3.05. The molecule has 2 aliphatic heterocycles. The van der Waals surface area contributed by atoms with Crippen LogP contribution in [0.1, 0.15) is 40.8 Å². The molecular formula is C17H21ClFN5O. The standard InChI is InChI=1S/C17H20FN5O.ClH/c18-14-3-1-2-13(10-14)17(24)22-7-4-12(5-8-22)16-21-20-15-11-19-6-9-23(15)16;/h1-3,10,12,19H,4-9,11H2;1H. The lowest BCUT2D eigenvalue weighted by Crippen LogP contribution is -2.39. The summed E-state index contributed by atoms with van der Waals surface area (Å²) in [6.07, 6.45) is 1.74. The van der Waals surface area contributed by atoms with Gasteiger partial charge in [0.2, 0.25) is 0 Å². The highest BCUT2D eigenvalue weighted by Crippen LogP contribution is 2.28. The van der Waals surface area contributed by atoms with E-state index in [1.54, 1.807) is 17.0 Å². The fraction of sp³-hybridized carbons (Fsp3) is 0.471. The molecule has 0 radical (unpaired) electrons. The molecule has 0 bridgehead atoms. The number of likely N-dealkylation sites (tertiary alicyclic amines) is 1. The fourth-order valence-corrected chi connectivity index (χ4v) is 3.56. The first-order valence-electron chi connectivity index (χ1n) is 8.40. The number of nitrogens with one attached hydrogen (secondary N) is 1. The molecule has 1 aromatic heterocycles. The summed E-state index contributed by atoms with van der Waals surface area (Å²) in [7, 11) is 0. The predicted octanol–water partition coefficient (Wildman–Crippen LogP) is 1.96. The zero-order chi connectivity index (χ0) is 16.5. The lowest BCUT2D eigenvalue weighted by Gasteiger charge is -2.32. The van der Waals surface area contributed by atoms with Gasteiger partial charge in [-0.25, -0.2) is 4.39 Å². The minimum atomic E-state index is -0.376. The summed E-state index contributed by atoms with van der Waals surface area (Å²) in [6.45, 7) is 3.94. The van der Waals surface area contributed by atoms with Crippen molar-refractivity contribution in [2.45, 2.75) is 31.8 Å². The number of benzene rings is 1. The molecule has 1 N–H and O–H groups in total. The first-order chi connectivity index (χ1) is 11.7. The van der Waals surface area contributed by atoms with Gasteiger partial charge in [-0.05, 0) is 31.0 Å². The van der Waals surface area contributed by atoms with E-state index >= 15 is 0 Å². The summed E-state index contributed by atoms with van der Waals surface area (Å²) in [5, 5.41) is 11.9. The van der Waals surface area contributed by atoms with Crippen LogP contribution in [0.2, 0.25) is 0 Å². The molecule has 2 aliphatic rings. The third kappa shape index (κ3) is 3.52. The lowest BCUT2D eigenvalue weighted by molar-refractivity contribution is 0.0709. The number of hydrogen-bond acceptors (Lipinski definition) is 4. The fourth-order valence-electron chi connectivity index (χ4n) is 3.56. The minimum Gasteiger partial charge on any atom is -0.339 e. The Morgan fingerprint density at radius 2 is 2.00 bits per heavy atom. The van der Waals surface area contributed by atoms with Crippen molar-refractivity contribution in [1.82, 2.24) is 25.0 Å². The molecular weight excluding hydrogens is 345 g/mol. The van der Waals surface area contributed by atoms with Crippen molar-refractivity contribution < 1.29 is 9.18 Å². The molecule has 0 spiro atoms. The van der Waals surface area contributed by atoms with E-state index in [0.717, 1.165) is 44.1 Å². The number of nitrogens with zero attached hydrogens (tertiary/aromatic N) is 4. The van der Waals surface area contributed by atoms with Crippen LogP contribution < -0.4 is 5.32 Å². The average molecular weight is 366 g/mol. The second-order valence-electron chi connectivity index (χ2n) is 6.38. The van der Waals surface area contributed by atoms with E-state index in [1.165, 1.54) is 12.1 Å². The lowest BCUT2D eigenvalue weighted by atomic mass is 9.95. The van der Waals surface area contributed by atoms with Crippen LogP contribution in [0, 0.1) is 5.82 Å². The van der Waals surface area contributed by atoms with E-state index in [4.69, 9.17) is 0 Å². The van der Waals surface area contributed by atoms with Crippen molar-refractivity contribution in [3.05, 3.63) is 47.3 Å². The van der Waals surface area contributed by atoms with Crippen molar-refractivity contribution >= 4 is 18.3 Å². The van der Waals surface area contributed by atoms with E-state index in [1.807, 2.05) is 0 Å². The molecule has 0 aliphatic carbocycles. The summed E-state index contributed by atoms with van der Waals surface area (Å²) in [6, 6.07) is 5.90. The van der Waals surface area contributed by atoms with Gasteiger partial charge in [0.15, 0.2) is 0 Å². The van der Waals surface area contributed by atoms with Crippen molar-refractivity contribution in [2.75, 3.05) is 19.6 Å². The van der Waals surface area contributed by atoms with Crippen LogP contribution in [0.4, 0.5) is 4.39 Å². The molecule has 6 nitrogen and oxygen atoms in total. The maximum atomic E-state index is 13.3. The number of halogens is 2. The highest BCUT2D eigenvalue weighted by atomic mass is 35.5. The van der Waals surface area contributed by atoms with Crippen LogP contribution in [0.25, 0.3) is 0 Å². The second-order valence-corrected chi connectivity index (χ2v) is 6.38. The molecule has 1 amide bonds. The van der Waals surface area contributed by atoms with Crippen LogP contribution in [0.3, 0.4) is 0 Å². The Morgan fingerprint density at radius 1 is 1.20 bits per heavy atom. The number of fused-ring (bicyclic) bond motifs is 1. The molecule has 3 heterocycles. The quantitative estimate of drug-likeness (QED) is 0.883. The smallest absolute Gasteiger partial charge is 0.253 e. The molecule has 2 aromatic rings. The monoisotopic (exact) mass is 365 g/mol.